The van der Waals surface area contributed by atoms with Gasteiger partial charge in [-0.15, -0.1) is 0 Å². The lowest BCUT2D eigenvalue weighted by Crippen LogP contribution is -2.23. The molecule has 0 atom stereocenters. The van der Waals surface area contributed by atoms with Gasteiger partial charge in [0.05, 0.1) is 0 Å². The predicted octanol–water partition coefficient (Wildman–Crippen LogP) is 4.60. The van der Waals surface area contributed by atoms with Gasteiger partial charge in [0.25, 0.3) is 0 Å². The van der Waals surface area contributed by atoms with Gasteiger partial charge in [-0.3, -0.25) is 4.79 Å². The minimum absolute atomic E-state index is 0.142. The van der Waals surface area contributed by atoms with Crippen molar-refractivity contribution in [2.45, 2.75) is 45.6 Å². The molecule has 2 N–H and O–H groups in total. The molecule has 2 aromatic carbocycles. The van der Waals surface area contributed by atoms with Crippen LogP contribution in [0.5, 0.6) is 0 Å². The van der Waals surface area contributed by atoms with Crippen LogP contribution in [0.3, 0.4) is 0 Å². The van der Waals surface area contributed by atoms with Gasteiger partial charge in [0.1, 0.15) is 5.60 Å². The van der Waals surface area contributed by atoms with Gasteiger partial charge >= 0.3 is 5.97 Å². The number of ether oxygens (including phenoxy) is 1. The Morgan fingerprint density at radius 1 is 1.09 bits per heavy atom. The van der Waals surface area contributed by atoms with Gasteiger partial charge in [0.2, 0.25) is 0 Å². The van der Waals surface area contributed by atoms with Crippen LogP contribution in [0.1, 0.15) is 39.2 Å². The molecule has 0 amide bonds. The summed E-state index contributed by atoms with van der Waals surface area (Å²) in [6.07, 6.45) is 2.04. The highest BCUT2D eigenvalue weighted by Crippen LogP contribution is 2.27. The van der Waals surface area contributed by atoms with Crippen LogP contribution in [-0.4, -0.2) is 11.6 Å². The molecule has 0 radical (unpaired) electrons. The maximum absolute atomic E-state index is 11.7. The van der Waals surface area contributed by atoms with Crippen LogP contribution in [-0.2, 0) is 16.0 Å². The van der Waals surface area contributed by atoms with Crippen LogP contribution in [0.25, 0.3) is 11.1 Å². The molecule has 2 rings (SSSR count). The van der Waals surface area contributed by atoms with Gasteiger partial charge in [-0.2, -0.15) is 0 Å². The summed E-state index contributed by atoms with van der Waals surface area (Å²) in [5.74, 6) is -0.142. The number of rotatable bonds is 5. The van der Waals surface area contributed by atoms with Gasteiger partial charge in [-0.25, -0.2) is 0 Å². The fourth-order valence-corrected chi connectivity index (χ4v) is 2.46. The largest absolute Gasteiger partial charge is 0.460 e. The van der Waals surface area contributed by atoms with Gasteiger partial charge in [0, 0.05) is 17.7 Å². The van der Waals surface area contributed by atoms with Gasteiger partial charge < -0.3 is 10.5 Å². The maximum atomic E-state index is 11.7. The number of hydrogen-bond donors (Lipinski definition) is 1. The molecule has 3 nitrogen and oxygen atoms in total. The Morgan fingerprint density at radius 2 is 1.78 bits per heavy atom. The summed E-state index contributed by atoms with van der Waals surface area (Å²) in [5, 5.41) is 0. The third-order valence-electron chi connectivity index (χ3n) is 3.47. The molecule has 0 heterocycles. The number of nitrogen functional groups attached to an aromatic ring is 1. The van der Waals surface area contributed by atoms with Crippen molar-refractivity contribution in [3.05, 3.63) is 54.1 Å². The minimum atomic E-state index is -0.418. The zero-order valence-corrected chi connectivity index (χ0v) is 14.1. The van der Waals surface area contributed by atoms with E-state index in [4.69, 9.17) is 10.5 Å². The van der Waals surface area contributed by atoms with Crippen molar-refractivity contribution >= 4 is 11.7 Å². The third-order valence-corrected chi connectivity index (χ3v) is 3.47. The Kier molecular flexibility index (Phi) is 5.43. The lowest BCUT2D eigenvalue weighted by Gasteiger charge is -2.19. The quantitative estimate of drug-likeness (QED) is 0.648. The van der Waals surface area contributed by atoms with Crippen molar-refractivity contribution in [1.29, 1.82) is 0 Å². The Balaban J connectivity index is 1.98. The summed E-state index contributed by atoms with van der Waals surface area (Å²) in [4.78, 5) is 11.7. The molecule has 0 saturated carbocycles. The molecule has 0 bridgehead atoms. The second-order valence-electron chi connectivity index (χ2n) is 6.73. The zero-order chi connectivity index (χ0) is 16.9. The Labute approximate surface area is 138 Å². The second-order valence-corrected chi connectivity index (χ2v) is 6.73. The summed E-state index contributed by atoms with van der Waals surface area (Å²) in [7, 11) is 0. The maximum Gasteiger partial charge on any atom is 0.306 e. The number of anilines is 1. The average molecular weight is 311 g/mol. The summed E-state index contributed by atoms with van der Waals surface area (Å²) >= 11 is 0. The lowest BCUT2D eigenvalue weighted by molar-refractivity contribution is -0.154. The summed E-state index contributed by atoms with van der Waals surface area (Å²) in [5.41, 5.74) is 9.78. The molecule has 0 fully saturated rings. The van der Waals surface area contributed by atoms with Crippen molar-refractivity contribution < 1.29 is 9.53 Å². The Bertz CT molecular complexity index is 657. The van der Waals surface area contributed by atoms with E-state index in [1.54, 1.807) is 0 Å². The monoisotopic (exact) mass is 311 g/mol. The number of carbonyl (C=O) groups is 1. The van der Waals surface area contributed by atoms with Crippen LogP contribution in [0.2, 0.25) is 0 Å². The first-order valence-corrected chi connectivity index (χ1v) is 8.01. The van der Waals surface area contributed by atoms with Gasteiger partial charge in [-0.1, -0.05) is 36.4 Å². The number of aryl methyl sites for hydroxylation is 1. The SMILES string of the molecule is CC(C)(C)OC(=O)CCCc1ccc(N)c(-c2ccccc2)c1. The zero-order valence-electron chi connectivity index (χ0n) is 14.1. The van der Waals surface area contributed by atoms with Crippen molar-refractivity contribution in [3.63, 3.8) is 0 Å². The van der Waals surface area contributed by atoms with Crippen LogP contribution in [0.4, 0.5) is 5.69 Å². The van der Waals surface area contributed by atoms with Crippen LogP contribution < -0.4 is 5.73 Å². The highest BCUT2D eigenvalue weighted by molar-refractivity contribution is 5.76. The molecular formula is C20H25NO2. The van der Waals surface area contributed by atoms with Gasteiger partial charge in [-0.05, 0) is 56.9 Å². The normalized spacial score (nSPS) is 11.3. The molecule has 0 unspecified atom stereocenters. The second kappa shape index (κ2) is 7.32. The van der Waals surface area contributed by atoms with Gasteiger partial charge in [0.15, 0.2) is 0 Å². The van der Waals surface area contributed by atoms with E-state index in [0.717, 1.165) is 29.7 Å². The summed E-state index contributed by atoms with van der Waals surface area (Å²) < 4.78 is 5.33. The van der Waals surface area contributed by atoms with Crippen LogP contribution in [0.15, 0.2) is 48.5 Å². The number of benzene rings is 2. The number of nitrogens with two attached hydrogens (primary N) is 1. The van der Waals surface area contributed by atoms with E-state index in [2.05, 4.69) is 18.2 Å². The van der Waals surface area contributed by atoms with E-state index < -0.39 is 5.60 Å². The predicted molar refractivity (Wildman–Crippen MR) is 95.1 cm³/mol. The summed E-state index contributed by atoms with van der Waals surface area (Å²) in [6.45, 7) is 5.66. The molecule has 0 aromatic heterocycles. The molecular weight excluding hydrogens is 286 g/mol. The van der Waals surface area contributed by atoms with Crippen LogP contribution in [0, 0.1) is 0 Å². The summed E-state index contributed by atoms with van der Waals surface area (Å²) in [6, 6.07) is 16.2. The number of esters is 1. The first-order valence-electron chi connectivity index (χ1n) is 8.01. The van der Waals surface area contributed by atoms with Crippen molar-refractivity contribution in [3.8, 4) is 11.1 Å². The molecule has 3 heteroatoms. The molecule has 0 spiro atoms. The molecule has 0 aliphatic rings. The number of hydrogen-bond acceptors (Lipinski definition) is 3. The lowest BCUT2D eigenvalue weighted by atomic mass is 9.99. The van der Waals surface area contributed by atoms with E-state index >= 15 is 0 Å². The van der Waals surface area contributed by atoms with E-state index in [-0.39, 0.29) is 5.97 Å². The number of carbonyl (C=O) groups excluding carboxylic acids is 1. The molecule has 2 aromatic rings. The molecule has 23 heavy (non-hydrogen) atoms. The first kappa shape index (κ1) is 17.1. The molecule has 0 aliphatic carbocycles. The van der Waals surface area contributed by atoms with Crippen molar-refractivity contribution in [2.24, 2.45) is 0 Å². The molecule has 0 aliphatic heterocycles. The van der Waals surface area contributed by atoms with E-state index in [1.165, 1.54) is 5.56 Å². The topological polar surface area (TPSA) is 52.3 Å². The Morgan fingerprint density at radius 3 is 2.43 bits per heavy atom. The molecule has 0 saturated heterocycles. The van der Waals surface area contributed by atoms with E-state index in [9.17, 15) is 4.79 Å². The fraction of sp³-hybridized carbons (Fsp3) is 0.350. The smallest absolute Gasteiger partial charge is 0.306 e. The van der Waals surface area contributed by atoms with E-state index in [1.807, 2.05) is 51.1 Å². The van der Waals surface area contributed by atoms with Crippen molar-refractivity contribution in [2.75, 3.05) is 5.73 Å². The van der Waals surface area contributed by atoms with Crippen molar-refractivity contribution in [1.82, 2.24) is 0 Å². The average Bonchev–Trinajstić information content (AvgIpc) is 2.48. The standard InChI is InChI=1S/C20H25NO2/c1-20(2,3)23-19(22)11-7-8-15-12-13-18(21)17(14-15)16-9-5-4-6-10-16/h4-6,9-10,12-14H,7-8,11,21H2,1-3H3. The highest BCUT2D eigenvalue weighted by atomic mass is 16.6. The van der Waals surface area contributed by atoms with Crippen LogP contribution >= 0.6 is 0 Å². The fourth-order valence-electron chi connectivity index (χ4n) is 2.46. The van der Waals surface area contributed by atoms with E-state index in [0.29, 0.717) is 6.42 Å². The minimum Gasteiger partial charge on any atom is -0.460 e. The highest BCUT2D eigenvalue weighted by Gasteiger charge is 2.15. The third kappa shape index (κ3) is 5.44. The Hall–Kier alpha value is -2.29. The first-order chi connectivity index (χ1) is 10.8. The molecule has 122 valence electrons.